The predicted octanol–water partition coefficient (Wildman–Crippen LogP) is 3.38. The Kier molecular flexibility index (Phi) is 5.03. The number of carbonyl (C=O) groups is 2. The number of nitrogens with zero attached hydrogens (tertiary/aromatic N) is 3. The molecular weight excluding hydrogens is 386 g/mol. The second-order valence-electron chi connectivity index (χ2n) is 8.19. The topological polar surface area (TPSA) is 91.0 Å². The molecule has 3 fully saturated rings. The van der Waals surface area contributed by atoms with E-state index < -0.39 is 0 Å². The van der Waals surface area contributed by atoms with Crippen molar-refractivity contribution < 1.29 is 9.59 Å². The second-order valence-corrected chi connectivity index (χ2v) is 9.19. The highest BCUT2D eigenvalue weighted by atomic mass is 32.2. The van der Waals surface area contributed by atoms with Gasteiger partial charge in [0, 0.05) is 28.8 Å². The number of carbonyl (C=O) groups excluding carboxylic acids is 2. The van der Waals surface area contributed by atoms with Crippen LogP contribution in [0.4, 0.5) is 5.69 Å². The number of nitrogens with one attached hydrogen (secondary N) is 2. The number of amides is 2. The highest BCUT2D eigenvalue weighted by molar-refractivity contribution is 7.99. The lowest BCUT2D eigenvalue weighted by Gasteiger charge is -2.25. The molecule has 8 heteroatoms. The molecule has 152 valence electrons. The molecule has 0 bridgehead atoms. The molecule has 5 rings (SSSR count). The number of hydrogen-bond acceptors (Lipinski definition) is 5. The minimum absolute atomic E-state index is 0.102. The van der Waals surface area contributed by atoms with Gasteiger partial charge < -0.3 is 10.2 Å². The molecule has 7 nitrogen and oxygen atoms in total. The van der Waals surface area contributed by atoms with Gasteiger partial charge in [0.1, 0.15) is 11.9 Å². The molecule has 2 heterocycles. The fraction of sp³-hybridized carbons (Fsp3) is 0.524. The average molecular weight is 412 g/mol. The SMILES string of the molecule is O=C(Nc1ccc(-c2n[nH]c(C3CC3)n2)cc1)C1CSCN1C(=O)C1CCCC1. The Morgan fingerprint density at radius 1 is 1.10 bits per heavy atom. The minimum atomic E-state index is -0.387. The molecule has 1 unspecified atom stereocenters. The van der Waals surface area contributed by atoms with Gasteiger partial charge in [0.25, 0.3) is 0 Å². The third-order valence-electron chi connectivity index (χ3n) is 6.05. The lowest BCUT2D eigenvalue weighted by atomic mass is 10.1. The number of anilines is 1. The fourth-order valence-electron chi connectivity index (χ4n) is 4.16. The van der Waals surface area contributed by atoms with Crippen LogP contribution in [0.3, 0.4) is 0 Å². The van der Waals surface area contributed by atoms with Gasteiger partial charge in [0.05, 0.1) is 5.88 Å². The van der Waals surface area contributed by atoms with Gasteiger partial charge >= 0.3 is 0 Å². The molecule has 1 aromatic heterocycles. The summed E-state index contributed by atoms with van der Waals surface area (Å²) in [6.45, 7) is 0. The first-order valence-electron chi connectivity index (χ1n) is 10.4. The first-order chi connectivity index (χ1) is 14.2. The molecule has 2 aromatic rings. The van der Waals surface area contributed by atoms with E-state index in [1.54, 1.807) is 16.7 Å². The van der Waals surface area contributed by atoms with Gasteiger partial charge in [-0.2, -0.15) is 5.10 Å². The molecule has 1 atom stereocenters. The van der Waals surface area contributed by atoms with E-state index in [0.717, 1.165) is 42.8 Å². The van der Waals surface area contributed by atoms with Crippen LogP contribution >= 0.6 is 11.8 Å². The fourth-order valence-corrected chi connectivity index (χ4v) is 5.32. The molecule has 2 amide bonds. The van der Waals surface area contributed by atoms with Crippen molar-refractivity contribution in [3.63, 3.8) is 0 Å². The summed E-state index contributed by atoms with van der Waals surface area (Å²) >= 11 is 1.65. The smallest absolute Gasteiger partial charge is 0.248 e. The zero-order valence-electron chi connectivity index (χ0n) is 16.3. The molecule has 2 aliphatic carbocycles. The van der Waals surface area contributed by atoms with E-state index in [9.17, 15) is 9.59 Å². The van der Waals surface area contributed by atoms with Crippen molar-refractivity contribution in [3.05, 3.63) is 30.1 Å². The molecule has 3 aliphatic rings. The summed E-state index contributed by atoms with van der Waals surface area (Å²) in [5.41, 5.74) is 1.64. The third-order valence-corrected chi connectivity index (χ3v) is 7.06. The lowest BCUT2D eigenvalue weighted by molar-refractivity contribution is -0.139. The predicted molar refractivity (Wildman–Crippen MR) is 112 cm³/mol. The summed E-state index contributed by atoms with van der Waals surface area (Å²) in [6.07, 6.45) is 6.51. The molecule has 29 heavy (non-hydrogen) atoms. The zero-order chi connectivity index (χ0) is 19.8. The van der Waals surface area contributed by atoms with Gasteiger partial charge in [-0.05, 0) is 49.9 Å². The summed E-state index contributed by atoms with van der Waals surface area (Å²) < 4.78 is 0. The lowest BCUT2D eigenvalue weighted by Crippen LogP contribution is -2.46. The molecule has 0 spiro atoms. The van der Waals surface area contributed by atoms with E-state index in [1.807, 2.05) is 24.3 Å². The summed E-state index contributed by atoms with van der Waals surface area (Å²) in [6, 6.07) is 7.18. The second kappa shape index (κ2) is 7.82. The number of thioether (sulfide) groups is 1. The summed E-state index contributed by atoms with van der Waals surface area (Å²) in [5.74, 6) is 3.60. The first kappa shape index (κ1) is 18.7. The summed E-state index contributed by atoms with van der Waals surface area (Å²) in [5, 5.41) is 10.3. The highest BCUT2D eigenvalue weighted by Gasteiger charge is 2.38. The average Bonchev–Trinajstić information content (AvgIpc) is 3.19. The van der Waals surface area contributed by atoms with E-state index in [2.05, 4.69) is 20.5 Å². The quantitative estimate of drug-likeness (QED) is 0.787. The third kappa shape index (κ3) is 3.90. The van der Waals surface area contributed by atoms with Crippen LogP contribution in [0.1, 0.15) is 50.3 Å². The van der Waals surface area contributed by atoms with Crippen LogP contribution in [0, 0.1) is 5.92 Å². The molecule has 1 aromatic carbocycles. The van der Waals surface area contributed by atoms with E-state index in [4.69, 9.17) is 0 Å². The van der Waals surface area contributed by atoms with Crippen molar-refractivity contribution in [2.75, 3.05) is 16.9 Å². The van der Waals surface area contributed by atoms with Gasteiger partial charge in [0.2, 0.25) is 11.8 Å². The number of hydrogen-bond donors (Lipinski definition) is 2. The van der Waals surface area contributed by atoms with Gasteiger partial charge in [-0.15, -0.1) is 11.8 Å². The standard InChI is InChI=1S/C21H25N5O2S/c27-20(17-11-29-12-26(17)21(28)15-3-1-2-4-15)22-16-9-7-14(8-10-16)19-23-18(24-25-19)13-5-6-13/h7-10,13,15,17H,1-6,11-12H2,(H,22,27)(H,23,24,25). The normalized spacial score (nSPS) is 22.2. The number of H-pyrrole nitrogens is 1. The van der Waals surface area contributed by atoms with Crippen LogP contribution in [0.15, 0.2) is 24.3 Å². The van der Waals surface area contributed by atoms with E-state index in [1.165, 1.54) is 12.8 Å². The maximum Gasteiger partial charge on any atom is 0.248 e. The minimum Gasteiger partial charge on any atom is -0.324 e. The Bertz CT molecular complexity index is 902. The van der Waals surface area contributed by atoms with Crippen LogP contribution in [0.2, 0.25) is 0 Å². The van der Waals surface area contributed by atoms with Crippen molar-refractivity contribution in [1.82, 2.24) is 20.1 Å². The van der Waals surface area contributed by atoms with Gasteiger partial charge in [-0.25, -0.2) is 4.98 Å². The molecule has 1 saturated heterocycles. The molecule has 2 saturated carbocycles. The maximum absolute atomic E-state index is 12.8. The number of aromatic amines is 1. The molecule has 0 radical (unpaired) electrons. The van der Waals surface area contributed by atoms with Crippen LogP contribution in [-0.2, 0) is 9.59 Å². The Morgan fingerprint density at radius 2 is 1.86 bits per heavy atom. The van der Waals surface area contributed by atoms with Crippen molar-refractivity contribution in [2.24, 2.45) is 5.92 Å². The van der Waals surface area contributed by atoms with Crippen LogP contribution < -0.4 is 5.32 Å². The van der Waals surface area contributed by atoms with Crippen LogP contribution in [-0.4, -0.2) is 49.6 Å². The number of aromatic nitrogens is 3. The summed E-state index contributed by atoms with van der Waals surface area (Å²) in [7, 11) is 0. The van der Waals surface area contributed by atoms with Gasteiger partial charge in [-0.1, -0.05) is 12.8 Å². The van der Waals surface area contributed by atoms with Crippen molar-refractivity contribution >= 4 is 29.3 Å². The van der Waals surface area contributed by atoms with Crippen molar-refractivity contribution in [3.8, 4) is 11.4 Å². The van der Waals surface area contributed by atoms with Crippen molar-refractivity contribution in [2.45, 2.75) is 50.5 Å². The molecule has 1 aliphatic heterocycles. The monoisotopic (exact) mass is 411 g/mol. The van der Waals surface area contributed by atoms with Crippen LogP contribution in [0.5, 0.6) is 0 Å². The van der Waals surface area contributed by atoms with Gasteiger partial charge in [0.15, 0.2) is 5.82 Å². The number of rotatable bonds is 5. The Balaban J connectivity index is 1.23. The van der Waals surface area contributed by atoms with Gasteiger partial charge in [-0.3, -0.25) is 14.7 Å². The highest BCUT2D eigenvalue weighted by Crippen LogP contribution is 2.38. The van der Waals surface area contributed by atoms with E-state index in [0.29, 0.717) is 23.4 Å². The number of benzene rings is 1. The van der Waals surface area contributed by atoms with E-state index in [-0.39, 0.29) is 23.8 Å². The first-order valence-corrected chi connectivity index (χ1v) is 11.6. The van der Waals surface area contributed by atoms with Crippen molar-refractivity contribution in [1.29, 1.82) is 0 Å². The Morgan fingerprint density at radius 3 is 2.59 bits per heavy atom. The summed E-state index contributed by atoms with van der Waals surface area (Å²) in [4.78, 5) is 32.0. The Labute approximate surface area is 174 Å². The maximum atomic E-state index is 12.8. The molecule has 2 N–H and O–H groups in total. The van der Waals surface area contributed by atoms with Crippen LogP contribution in [0.25, 0.3) is 11.4 Å². The zero-order valence-corrected chi connectivity index (χ0v) is 17.1. The van der Waals surface area contributed by atoms with E-state index >= 15 is 0 Å². The largest absolute Gasteiger partial charge is 0.324 e. The molecular formula is C21H25N5O2S. The Hall–Kier alpha value is -2.35.